The molecule has 0 radical (unpaired) electrons. The second kappa shape index (κ2) is 8.06. The fraction of sp³-hybridized carbons (Fsp3) is 0.269. The average Bonchev–Trinajstić information content (AvgIpc) is 3.16. The van der Waals surface area contributed by atoms with Crippen LogP contribution in [0.15, 0.2) is 82.6 Å². The van der Waals surface area contributed by atoms with Gasteiger partial charge < -0.3 is 9.47 Å². The Morgan fingerprint density at radius 3 is 2.13 bits per heavy atom. The Kier molecular flexibility index (Phi) is 4.93. The second-order valence-electron chi connectivity index (χ2n) is 8.39. The number of nitrogens with zero attached hydrogens (tertiary/aromatic N) is 4. The SMILES string of the molecule is c1ccc2c(c1)Sc1ccccc1N2Cc1nc2ccccc2n1CN1CCCCC1. The number of likely N-dealkylation sites (tertiary alicyclic amines) is 1. The van der Waals surface area contributed by atoms with Crippen LogP contribution in [0.5, 0.6) is 0 Å². The molecule has 0 unspecified atom stereocenters. The van der Waals surface area contributed by atoms with Gasteiger partial charge in [0.25, 0.3) is 0 Å². The summed E-state index contributed by atoms with van der Waals surface area (Å²) in [5.74, 6) is 1.13. The first-order valence-corrected chi connectivity index (χ1v) is 12.0. The minimum absolute atomic E-state index is 0.761. The molecule has 0 spiro atoms. The molecule has 31 heavy (non-hydrogen) atoms. The van der Waals surface area contributed by atoms with Gasteiger partial charge in [-0.05, 0) is 62.3 Å². The molecule has 1 aromatic heterocycles. The third-order valence-electron chi connectivity index (χ3n) is 6.36. The normalized spacial score (nSPS) is 16.3. The highest BCUT2D eigenvalue weighted by Gasteiger charge is 2.25. The first-order chi connectivity index (χ1) is 15.4. The van der Waals surface area contributed by atoms with Crippen molar-refractivity contribution in [3.8, 4) is 0 Å². The molecule has 4 nitrogen and oxygen atoms in total. The van der Waals surface area contributed by atoms with E-state index in [0.717, 1.165) is 24.6 Å². The van der Waals surface area contributed by atoms with Crippen LogP contribution in [0.3, 0.4) is 0 Å². The Labute approximate surface area is 187 Å². The number of hydrogen-bond acceptors (Lipinski definition) is 4. The van der Waals surface area contributed by atoms with Crippen molar-refractivity contribution in [1.29, 1.82) is 0 Å². The summed E-state index contributed by atoms with van der Waals surface area (Å²) in [5.41, 5.74) is 4.85. The third kappa shape index (κ3) is 3.52. The lowest BCUT2D eigenvalue weighted by Gasteiger charge is -2.33. The van der Waals surface area contributed by atoms with Crippen LogP contribution >= 0.6 is 11.8 Å². The van der Waals surface area contributed by atoms with E-state index in [1.807, 2.05) is 11.8 Å². The largest absolute Gasteiger partial charge is 0.332 e. The van der Waals surface area contributed by atoms with Gasteiger partial charge in [0.15, 0.2) is 0 Å². The highest BCUT2D eigenvalue weighted by atomic mass is 32.2. The first kappa shape index (κ1) is 19.0. The summed E-state index contributed by atoms with van der Waals surface area (Å²) < 4.78 is 2.44. The van der Waals surface area contributed by atoms with E-state index in [4.69, 9.17) is 4.98 Å². The van der Waals surface area contributed by atoms with E-state index in [1.54, 1.807) is 0 Å². The summed E-state index contributed by atoms with van der Waals surface area (Å²) in [4.78, 5) is 12.7. The maximum absolute atomic E-state index is 5.11. The van der Waals surface area contributed by atoms with E-state index in [2.05, 4.69) is 87.2 Å². The van der Waals surface area contributed by atoms with Gasteiger partial charge in [0.05, 0.1) is 35.6 Å². The predicted molar refractivity (Wildman–Crippen MR) is 128 cm³/mol. The minimum atomic E-state index is 0.761. The van der Waals surface area contributed by atoms with Gasteiger partial charge in [-0.25, -0.2) is 4.98 Å². The molecule has 3 aromatic carbocycles. The van der Waals surface area contributed by atoms with Gasteiger partial charge in [-0.2, -0.15) is 0 Å². The van der Waals surface area contributed by atoms with Crippen LogP contribution < -0.4 is 4.90 Å². The summed E-state index contributed by atoms with van der Waals surface area (Å²) in [7, 11) is 0. The molecule has 0 N–H and O–H groups in total. The van der Waals surface area contributed by atoms with Gasteiger partial charge >= 0.3 is 0 Å². The smallest absolute Gasteiger partial charge is 0.131 e. The molecule has 2 aliphatic heterocycles. The molecular formula is C26H26N4S. The van der Waals surface area contributed by atoms with E-state index in [1.165, 1.54) is 59.0 Å². The zero-order valence-corrected chi connectivity index (χ0v) is 18.4. The van der Waals surface area contributed by atoms with E-state index in [9.17, 15) is 0 Å². The monoisotopic (exact) mass is 426 g/mol. The van der Waals surface area contributed by atoms with Gasteiger partial charge in [-0.3, -0.25) is 4.90 Å². The van der Waals surface area contributed by atoms with E-state index in [0.29, 0.717) is 0 Å². The van der Waals surface area contributed by atoms with Crippen molar-refractivity contribution in [2.24, 2.45) is 0 Å². The van der Waals surface area contributed by atoms with Crippen molar-refractivity contribution >= 4 is 34.2 Å². The van der Waals surface area contributed by atoms with Crippen LogP contribution in [0.2, 0.25) is 0 Å². The Morgan fingerprint density at radius 1 is 0.742 bits per heavy atom. The van der Waals surface area contributed by atoms with Crippen LogP contribution in [0.4, 0.5) is 11.4 Å². The summed E-state index contributed by atoms with van der Waals surface area (Å²) in [6, 6.07) is 26.0. The standard InChI is InChI=1S/C26H26N4S/c1-8-16-28(17-9-1)19-30-21-11-3-2-10-20(21)27-26(30)18-29-22-12-4-6-14-24(22)31-25-15-7-5-13-23(25)29/h2-7,10-15H,1,8-9,16-19H2. The second-order valence-corrected chi connectivity index (χ2v) is 9.47. The molecule has 0 aliphatic carbocycles. The number of anilines is 2. The van der Waals surface area contributed by atoms with E-state index in [-0.39, 0.29) is 0 Å². The summed E-state index contributed by atoms with van der Waals surface area (Å²) >= 11 is 1.86. The van der Waals surface area contributed by atoms with Gasteiger partial charge in [0.1, 0.15) is 5.82 Å². The Morgan fingerprint density at radius 2 is 1.39 bits per heavy atom. The van der Waals surface area contributed by atoms with Crippen molar-refractivity contribution < 1.29 is 0 Å². The Hall–Kier alpha value is -2.76. The highest BCUT2D eigenvalue weighted by molar-refractivity contribution is 7.99. The third-order valence-corrected chi connectivity index (χ3v) is 7.49. The number of aromatic nitrogens is 2. The fourth-order valence-corrected chi connectivity index (χ4v) is 5.89. The van der Waals surface area contributed by atoms with Gasteiger partial charge in [0.2, 0.25) is 0 Å². The summed E-state index contributed by atoms with van der Waals surface area (Å²) in [5, 5.41) is 0. The molecule has 156 valence electrons. The van der Waals surface area contributed by atoms with Gasteiger partial charge in [-0.15, -0.1) is 0 Å². The molecule has 0 saturated carbocycles. The van der Waals surface area contributed by atoms with Crippen LogP contribution in [0, 0.1) is 0 Å². The topological polar surface area (TPSA) is 24.3 Å². The average molecular weight is 427 g/mol. The maximum atomic E-state index is 5.11. The Balaban J connectivity index is 1.43. The highest BCUT2D eigenvalue weighted by Crippen LogP contribution is 2.48. The number of fused-ring (bicyclic) bond motifs is 3. The number of rotatable bonds is 4. The molecule has 1 fully saturated rings. The maximum Gasteiger partial charge on any atom is 0.131 e. The van der Waals surface area contributed by atoms with E-state index < -0.39 is 0 Å². The predicted octanol–water partition coefficient (Wildman–Crippen LogP) is 6.28. The molecule has 5 heteroatoms. The van der Waals surface area contributed by atoms with Crippen molar-refractivity contribution in [2.45, 2.75) is 42.3 Å². The van der Waals surface area contributed by atoms with E-state index >= 15 is 0 Å². The lowest BCUT2D eigenvalue weighted by atomic mass is 10.1. The number of imidazole rings is 1. The number of para-hydroxylation sites is 4. The van der Waals surface area contributed by atoms with Crippen LogP contribution in [-0.2, 0) is 13.2 Å². The molecule has 2 aliphatic rings. The molecule has 4 aromatic rings. The Bertz CT molecular complexity index is 1180. The van der Waals surface area contributed by atoms with Gasteiger partial charge in [-0.1, -0.05) is 54.6 Å². The zero-order valence-electron chi connectivity index (χ0n) is 17.6. The van der Waals surface area contributed by atoms with Crippen molar-refractivity contribution in [2.75, 3.05) is 18.0 Å². The molecular weight excluding hydrogens is 400 g/mol. The summed E-state index contributed by atoms with van der Waals surface area (Å²) in [6.45, 7) is 4.04. The van der Waals surface area contributed by atoms with Crippen molar-refractivity contribution in [1.82, 2.24) is 14.5 Å². The van der Waals surface area contributed by atoms with Gasteiger partial charge in [0, 0.05) is 9.79 Å². The van der Waals surface area contributed by atoms with Crippen molar-refractivity contribution in [3.05, 3.63) is 78.6 Å². The molecule has 0 atom stereocenters. The molecule has 0 amide bonds. The molecule has 6 rings (SSSR count). The van der Waals surface area contributed by atoms with Crippen LogP contribution in [0.1, 0.15) is 25.1 Å². The lowest BCUT2D eigenvalue weighted by Crippen LogP contribution is -2.33. The van der Waals surface area contributed by atoms with Crippen molar-refractivity contribution in [3.63, 3.8) is 0 Å². The summed E-state index contributed by atoms with van der Waals surface area (Å²) in [6.07, 6.45) is 3.95. The lowest BCUT2D eigenvalue weighted by molar-refractivity contribution is 0.182. The minimum Gasteiger partial charge on any atom is -0.332 e. The number of hydrogen-bond donors (Lipinski definition) is 0. The first-order valence-electron chi connectivity index (χ1n) is 11.2. The quantitative estimate of drug-likeness (QED) is 0.383. The number of benzene rings is 3. The number of piperidine rings is 1. The molecule has 3 heterocycles. The molecule has 1 saturated heterocycles. The van der Waals surface area contributed by atoms with Crippen LogP contribution in [-0.4, -0.2) is 27.5 Å². The molecule has 0 bridgehead atoms. The fourth-order valence-electron chi connectivity index (χ4n) is 4.80. The zero-order chi connectivity index (χ0) is 20.6. The van der Waals surface area contributed by atoms with Crippen LogP contribution in [0.25, 0.3) is 11.0 Å².